The SMILES string of the molecule is O=C1O[C@]2(CC[C@](O)(C(=O)Nc3cc(-c4ccccc4OC(F)F)[nH]n3)CC2)c2cnccc21. The predicted octanol–water partition coefficient (Wildman–Crippen LogP) is 3.38. The number of aromatic nitrogens is 3. The third kappa shape index (κ3) is 3.77. The molecule has 1 aliphatic carbocycles. The molecule has 2 aliphatic rings. The number of aromatic amines is 1. The van der Waals surface area contributed by atoms with E-state index >= 15 is 0 Å². The van der Waals surface area contributed by atoms with Gasteiger partial charge in [-0.3, -0.25) is 14.9 Å². The minimum Gasteiger partial charge on any atom is -0.450 e. The molecule has 176 valence electrons. The summed E-state index contributed by atoms with van der Waals surface area (Å²) in [5, 5.41) is 20.3. The van der Waals surface area contributed by atoms with Gasteiger partial charge in [-0.1, -0.05) is 12.1 Å². The first kappa shape index (κ1) is 22.0. The lowest BCUT2D eigenvalue weighted by Crippen LogP contribution is -2.49. The van der Waals surface area contributed by atoms with Crippen molar-refractivity contribution in [2.75, 3.05) is 5.32 Å². The van der Waals surface area contributed by atoms with Gasteiger partial charge in [0.05, 0.1) is 11.3 Å². The van der Waals surface area contributed by atoms with Crippen LogP contribution >= 0.6 is 0 Å². The van der Waals surface area contributed by atoms with E-state index in [0.29, 0.717) is 22.4 Å². The molecule has 5 rings (SSSR count). The number of H-pyrrole nitrogens is 1. The van der Waals surface area contributed by atoms with Crippen molar-refractivity contribution >= 4 is 17.7 Å². The molecule has 3 N–H and O–H groups in total. The molecule has 0 unspecified atom stereocenters. The Balaban J connectivity index is 1.29. The van der Waals surface area contributed by atoms with Gasteiger partial charge in [0.15, 0.2) is 5.82 Å². The molecule has 1 saturated carbocycles. The number of hydrogen-bond donors (Lipinski definition) is 3. The quantitative estimate of drug-likeness (QED) is 0.488. The number of hydrogen-bond acceptors (Lipinski definition) is 7. The molecule has 2 aromatic heterocycles. The number of amides is 1. The molecule has 1 fully saturated rings. The van der Waals surface area contributed by atoms with Gasteiger partial charge in [0.1, 0.15) is 17.0 Å². The van der Waals surface area contributed by atoms with Gasteiger partial charge in [-0.05, 0) is 43.9 Å². The number of nitrogens with zero attached hydrogens (tertiary/aromatic N) is 2. The van der Waals surface area contributed by atoms with Crippen LogP contribution in [0, 0.1) is 0 Å². The number of ether oxygens (including phenoxy) is 2. The van der Waals surface area contributed by atoms with Crippen LogP contribution < -0.4 is 10.1 Å². The molecule has 3 heterocycles. The minimum atomic E-state index is -2.99. The molecule has 1 aromatic carbocycles. The fraction of sp³-hybridized carbons (Fsp3) is 0.304. The number of alkyl halides is 2. The smallest absolute Gasteiger partial charge is 0.387 e. The highest BCUT2D eigenvalue weighted by atomic mass is 19.3. The van der Waals surface area contributed by atoms with Gasteiger partial charge in [0, 0.05) is 29.6 Å². The average molecular weight is 470 g/mol. The lowest BCUT2D eigenvalue weighted by molar-refractivity contribution is -0.144. The van der Waals surface area contributed by atoms with E-state index in [-0.39, 0.29) is 37.3 Å². The third-order valence-electron chi connectivity index (χ3n) is 6.34. The zero-order valence-electron chi connectivity index (χ0n) is 17.8. The highest BCUT2D eigenvalue weighted by Gasteiger charge is 2.53. The molecule has 0 atom stereocenters. The summed E-state index contributed by atoms with van der Waals surface area (Å²) in [4.78, 5) is 29.2. The van der Waals surface area contributed by atoms with Crippen molar-refractivity contribution in [1.29, 1.82) is 0 Å². The number of rotatable bonds is 5. The van der Waals surface area contributed by atoms with Crippen molar-refractivity contribution in [2.24, 2.45) is 0 Å². The Morgan fingerprint density at radius 1 is 1.18 bits per heavy atom. The van der Waals surface area contributed by atoms with Gasteiger partial charge in [-0.2, -0.15) is 13.9 Å². The number of carbonyl (C=O) groups excluding carboxylic acids is 2. The number of halogens is 2. The Morgan fingerprint density at radius 3 is 2.71 bits per heavy atom. The first-order chi connectivity index (χ1) is 16.3. The predicted molar refractivity (Wildman–Crippen MR) is 114 cm³/mol. The molecule has 1 spiro atoms. The summed E-state index contributed by atoms with van der Waals surface area (Å²) < 4.78 is 35.6. The summed E-state index contributed by atoms with van der Waals surface area (Å²) in [6.45, 7) is -2.99. The van der Waals surface area contributed by atoms with Crippen LogP contribution in [0.25, 0.3) is 11.3 Å². The third-order valence-corrected chi connectivity index (χ3v) is 6.34. The van der Waals surface area contributed by atoms with Crippen LogP contribution in [0.15, 0.2) is 48.8 Å². The van der Waals surface area contributed by atoms with E-state index in [0.717, 1.165) is 0 Å². The van der Waals surface area contributed by atoms with E-state index in [1.807, 2.05) is 0 Å². The molecule has 0 radical (unpaired) electrons. The standard InChI is InChI=1S/C23H20F2N4O5/c24-21(25)33-17-4-2-1-3-14(17)16-11-18(29-28-16)27-20(31)22(32)6-8-23(9-7-22)15-12-26-10-5-13(15)19(30)34-23/h1-5,10-12,21,32H,6-9H2,(H2,27,28,29,31)/t22-,23+. The van der Waals surface area contributed by atoms with Crippen molar-refractivity contribution in [3.05, 3.63) is 59.9 Å². The highest BCUT2D eigenvalue weighted by molar-refractivity contribution is 5.97. The van der Waals surface area contributed by atoms with Crippen LogP contribution in [-0.4, -0.2) is 44.4 Å². The Labute approximate surface area is 192 Å². The zero-order valence-corrected chi connectivity index (χ0v) is 17.8. The Morgan fingerprint density at radius 2 is 1.94 bits per heavy atom. The maximum atomic E-state index is 12.9. The molecule has 3 aromatic rings. The van der Waals surface area contributed by atoms with Gasteiger partial charge >= 0.3 is 12.6 Å². The molecule has 1 aliphatic heterocycles. The van der Waals surface area contributed by atoms with Crippen LogP contribution in [0.4, 0.5) is 14.6 Å². The summed E-state index contributed by atoms with van der Waals surface area (Å²) in [5.41, 5.74) is -0.791. The van der Waals surface area contributed by atoms with Gasteiger partial charge in [-0.25, -0.2) is 4.79 Å². The lowest BCUT2D eigenvalue weighted by atomic mass is 9.73. The summed E-state index contributed by atoms with van der Waals surface area (Å²) in [5.74, 6) is -1.03. The molecule has 9 nitrogen and oxygen atoms in total. The summed E-state index contributed by atoms with van der Waals surface area (Å²) >= 11 is 0. The average Bonchev–Trinajstić information content (AvgIpc) is 3.39. The van der Waals surface area contributed by atoms with E-state index in [9.17, 15) is 23.5 Å². The van der Waals surface area contributed by atoms with Crippen molar-refractivity contribution in [1.82, 2.24) is 15.2 Å². The number of esters is 1. The summed E-state index contributed by atoms with van der Waals surface area (Å²) in [6, 6.07) is 9.23. The van der Waals surface area contributed by atoms with E-state index in [4.69, 9.17) is 4.74 Å². The summed E-state index contributed by atoms with van der Waals surface area (Å²) in [7, 11) is 0. The molecule has 11 heteroatoms. The molecule has 1 amide bonds. The first-order valence-electron chi connectivity index (χ1n) is 10.6. The number of pyridine rings is 1. The zero-order chi connectivity index (χ0) is 23.9. The molecule has 34 heavy (non-hydrogen) atoms. The highest BCUT2D eigenvalue weighted by Crippen LogP contribution is 2.49. The monoisotopic (exact) mass is 470 g/mol. The van der Waals surface area contributed by atoms with E-state index < -0.39 is 29.7 Å². The number of carbonyl (C=O) groups is 2. The number of benzene rings is 1. The van der Waals surface area contributed by atoms with Crippen molar-refractivity contribution in [3.8, 4) is 17.0 Å². The van der Waals surface area contributed by atoms with Crippen LogP contribution in [0.2, 0.25) is 0 Å². The largest absolute Gasteiger partial charge is 0.450 e. The van der Waals surface area contributed by atoms with Crippen LogP contribution in [0.5, 0.6) is 5.75 Å². The van der Waals surface area contributed by atoms with Gasteiger partial charge in [0.2, 0.25) is 0 Å². The van der Waals surface area contributed by atoms with Gasteiger partial charge in [-0.15, -0.1) is 0 Å². The Hall–Kier alpha value is -3.86. The normalized spacial score (nSPS) is 23.6. The minimum absolute atomic E-state index is 0.0453. The second-order valence-corrected chi connectivity index (χ2v) is 8.33. The van der Waals surface area contributed by atoms with Gasteiger partial charge < -0.3 is 19.9 Å². The molecule has 0 saturated heterocycles. The number of anilines is 1. The fourth-order valence-electron chi connectivity index (χ4n) is 4.53. The molecule has 0 bridgehead atoms. The molecular formula is C23H20F2N4O5. The second kappa shape index (κ2) is 8.17. The maximum absolute atomic E-state index is 12.9. The van der Waals surface area contributed by atoms with Crippen LogP contribution in [0.1, 0.15) is 41.6 Å². The number of nitrogens with one attached hydrogen (secondary N) is 2. The van der Waals surface area contributed by atoms with Crippen molar-refractivity contribution in [3.63, 3.8) is 0 Å². The van der Waals surface area contributed by atoms with Crippen molar-refractivity contribution in [2.45, 2.75) is 43.5 Å². The summed E-state index contributed by atoms with van der Waals surface area (Å²) in [6.07, 6.45) is 3.73. The maximum Gasteiger partial charge on any atom is 0.387 e. The van der Waals surface area contributed by atoms with E-state index in [2.05, 4.69) is 25.2 Å². The Kier molecular flexibility index (Phi) is 5.28. The second-order valence-electron chi connectivity index (χ2n) is 8.33. The van der Waals surface area contributed by atoms with Gasteiger partial charge in [0.25, 0.3) is 5.91 Å². The fourth-order valence-corrected chi connectivity index (χ4v) is 4.53. The number of para-hydroxylation sites is 1. The van der Waals surface area contributed by atoms with Crippen LogP contribution in [0.3, 0.4) is 0 Å². The number of fused-ring (bicyclic) bond motifs is 2. The van der Waals surface area contributed by atoms with Crippen LogP contribution in [-0.2, 0) is 15.1 Å². The van der Waals surface area contributed by atoms with E-state index in [1.54, 1.807) is 30.5 Å². The van der Waals surface area contributed by atoms with Crippen molar-refractivity contribution < 1.29 is 33.0 Å². The Bertz CT molecular complexity index is 1250. The topological polar surface area (TPSA) is 126 Å². The van der Waals surface area contributed by atoms with E-state index in [1.165, 1.54) is 18.3 Å². The number of aliphatic hydroxyl groups is 1. The first-order valence-corrected chi connectivity index (χ1v) is 10.6. The molecular weight excluding hydrogens is 450 g/mol. The lowest BCUT2D eigenvalue weighted by Gasteiger charge is -2.40.